The maximum atomic E-state index is 12.5. The summed E-state index contributed by atoms with van der Waals surface area (Å²) in [5.41, 5.74) is 4.26. The first-order valence-corrected chi connectivity index (χ1v) is 12.4. The van der Waals surface area contributed by atoms with E-state index in [-0.39, 0.29) is 31.1 Å². The third kappa shape index (κ3) is 7.71. The van der Waals surface area contributed by atoms with Gasteiger partial charge in [0.15, 0.2) is 24.7 Å². The predicted molar refractivity (Wildman–Crippen MR) is 143 cm³/mol. The normalized spacial score (nSPS) is 14.6. The molecule has 0 fully saturated rings. The molecule has 0 bridgehead atoms. The number of ether oxygens (including phenoxy) is 4. The van der Waals surface area contributed by atoms with Gasteiger partial charge in [0.1, 0.15) is 11.8 Å². The molecule has 0 spiro atoms. The van der Waals surface area contributed by atoms with E-state index in [9.17, 15) is 14.4 Å². The number of hydrogen-bond donors (Lipinski definition) is 3. The van der Waals surface area contributed by atoms with Crippen LogP contribution in [0.15, 0.2) is 57.2 Å². The zero-order valence-electron chi connectivity index (χ0n) is 21.4. The Morgan fingerprint density at radius 1 is 1.18 bits per heavy atom. The van der Waals surface area contributed by atoms with E-state index in [4.69, 9.17) is 24.2 Å². The van der Waals surface area contributed by atoms with E-state index >= 15 is 0 Å². The molecule has 0 aromatic heterocycles. The average molecular weight is 600 g/mol. The van der Waals surface area contributed by atoms with Crippen molar-refractivity contribution >= 4 is 40.1 Å². The number of allylic oxidation sites excluding steroid dienone is 1. The second kappa shape index (κ2) is 13.8. The molecule has 1 aliphatic rings. The number of methoxy groups -OCH3 is 1. The molecule has 3 amide bonds. The number of carbonyl (C=O) groups is 3. The van der Waals surface area contributed by atoms with Crippen LogP contribution in [0.1, 0.15) is 31.0 Å². The van der Waals surface area contributed by atoms with Crippen LogP contribution in [0.25, 0.3) is 0 Å². The van der Waals surface area contributed by atoms with Gasteiger partial charge in [-0.2, -0.15) is 10.4 Å². The van der Waals surface area contributed by atoms with Crippen molar-refractivity contribution in [1.29, 1.82) is 5.26 Å². The van der Waals surface area contributed by atoms with E-state index in [1.165, 1.54) is 13.3 Å². The fraction of sp³-hybridized carbons (Fsp3) is 0.269. The molecule has 0 unspecified atom stereocenters. The van der Waals surface area contributed by atoms with Gasteiger partial charge < -0.3 is 29.6 Å². The lowest BCUT2D eigenvalue weighted by atomic mass is 9.95. The van der Waals surface area contributed by atoms with Gasteiger partial charge in [0.2, 0.25) is 0 Å². The van der Waals surface area contributed by atoms with Crippen LogP contribution in [-0.4, -0.2) is 51.1 Å². The van der Waals surface area contributed by atoms with Crippen LogP contribution >= 0.6 is 15.9 Å². The first kappa shape index (κ1) is 29.0. The monoisotopic (exact) mass is 599 g/mol. The Morgan fingerprint density at radius 3 is 2.64 bits per heavy atom. The summed E-state index contributed by atoms with van der Waals surface area (Å²) in [5, 5.41) is 17.8. The quantitative estimate of drug-likeness (QED) is 0.202. The van der Waals surface area contributed by atoms with Crippen molar-refractivity contribution in [3.63, 3.8) is 0 Å². The van der Waals surface area contributed by atoms with Crippen LogP contribution in [0, 0.1) is 11.3 Å². The zero-order valence-corrected chi connectivity index (χ0v) is 23.0. The largest absolute Gasteiger partial charge is 0.493 e. The number of nitrogens with zero attached hydrogens (tertiary/aromatic N) is 2. The number of esters is 1. The second-order valence-corrected chi connectivity index (χ2v) is 8.77. The Balaban J connectivity index is 1.64. The number of hydrazone groups is 1. The summed E-state index contributed by atoms with van der Waals surface area (Å²) in [6.45, 7) is 3.07. The Bertz CT molecular complexity index is 1350. The molecule has 1 heterocycles. The van der Waals surface area contributed by atoms with Gasteiger partial charge in [-0.3, -0.25) is 4.79 Å². The van der Waals surface area contributed by atoms with Gasteiger partial charge in [-0.1, -0.05) is 6.07 Å². The summed E-state index contributed by atoms with van der Waals surface area (Å²) < 4.78 is 22.1. The van der Waals surface area contributed by atoms with Crippen LogP contribution in [0.4, 0.5) is 4.79 Å². The molecule has 2 aromatic carbocycles. The fourth-order valence-electron chi connectivity index (χ4n) is 3.59. The summed E-state index contributed by atoms with van der Waals surface area (Å²) in [6, 6.07) is 10.6. The average Bonchev–Trinajstić information content (AvgIpc) is 2.91. The number of urea groups is 1. The molecule has 0 saturated heterocycles. The number of rotatable bonds is 11. The van der Waals surface area contributed by atoms with Crippen molar-refractivity contribution in [3.8, 4) is 23.3 Å². The maximum Gasteiger partial charge on any atom is 0.338 e. The number of halogens is 1. The number of nitriles is 1. The third-order valence-electron chi connectivity index (χ3n) is 5.30. The molecule has 0 aliphatic carbocycles. The molecular weight excluding hydrogens is 574 g/mol. The lowest BCUT2D eigenvalue weighted by molar-refractivity contribution is -0.139. The summed E-state index contributed by atoms with van der Waals surface area (Å²) in [7, 11) is 1.43. The molecular formula is C26H26BrN5O7. The van der Waals surface area contributed by atoms with Gasteiger partial charge >= 0.3 is 12.0 Å². The molecule has 2 aromatic rings. The molecule has 13 heteroatoms. The van der Waals surface area contributed by atoms with Crippen molar-refractivity contribution in [2.75, 3.05) is 26.9 Å². The zero-order chi connectivity index (χ0) is 28.4. The van der Waals surface area contributed by atoms with Crippen molar-refractivity contribution < 1.29 is 33.3 Å². The summed E-state index contributed by atoms with van der Waals surface area (Å²) in [4.78, 5) is 36.9. The molecule has 3 rings (SSSR count). The van der Waals surface area contributed by atoms with Crippen molar-refractivity contribution in [1.82, 2.24) is 16.1 Å². The highest BCUT2D eigenvalue weighted by atomic mass is 79.9. The van der Waals surface area contributed by atoms with E-state index in [1.807, 2.05) is 6.07 Å². The Morgan fingerprint density at radius 2 is 1.95 bits per heavy atom. The first-order valence-electron chi connectivity index (χ1n) is 11.6. The van der Waals surface area contributed by atoms with Crippen LogP contribution < -0.4 is 30.3 Å². The standard InChI is InChI=1S/C26H26BrN5O7/c1-4-37-25(34)23-15(2)30-26(35)31-24(23)17-6-8-20(21(12-17)36-3)39-14-22(33)32-29-13-16-5-7-19(18(27)11-16)38-10-9-28/h5-8,11-13,24H,4,10,14H2,1-3H3,(H,32,33)(H2,30,31,35)/b29-13-/t24-/m0/s1. The minimum absolute atomic E-state index is 0.0738. The number of carbonyl (C=O) groups excluding carboxylic acids is 3. The van der Waals surface area contributed by atoms with Crippen LogP contribution in [0.3, 0.4) is 0 Å². The molecule has 1 aliphatic heterocycles. The molecule has 12 nitrogen and oxygen atoms in total. The van der Waals surface area contributed by atoms with E-state index in [0.29, 0.717) is 32.8 Å². The lowest BCUT2D eigenvalue weighted by Gasteiger charge is -2.28. The van der Waals surface area contributed by atoms with Gasteiger partial charge in [-0.15, -0.1) is 0 Å². The van der Waals surface area contributed by atoms with Crippen molar-refractivity contribution in [2.45, 2.75) is 19.9 Å². The van der Waals surface area contributed by atoms with Gasteiger partial charge in [-0.25, -0.2) is 15.0 Å². The van der Waals surface area contributed by atoms with Crippen LogP contribution in [-0.2, 0) is 14.3 Å². The van der Waals surface area contributed by atoms with E-state index in [0.717, 1.165) is 0 Å². The summed E-state index contributed by atoms with van der Waals surface area (Å²) >= 11 is 3.35. The predicted octanol–water partition coefficient (Wildman–Crippen LogP) is 3.08. The Hall–Kier alpha value is -4.57. The SMILES string of the molecule is CCOC(=O)C1=C(C)NC(=O)N[C@H]1c1ccc(OCC(=O)N/N=C\c2ccc(OCC#N)c(Br)c2)c(OC)c1. The van der Waals surface area contributed by atoms with Crippen molar-refractivity contribution in [2.24, 2.45) is 5.10 Å². The number of amides is 3. The first-order chi connectivity index (χ1) is 18.8. The highest BCUT2D eigenvalue weighted by Gasteiger charge is 2.32. The Labute approximate surface area is 233 Å². The highest BCUT2D eigenvalue weighted by molar-refractivity contribution is 9.10. The number of benzene rings is 2. The summed E-state index contributed by atoms with van der Waals surface area (Å²) in [6.07, 6.45) is 1.44. The highest BCUT2D eigenvalue weighted by Crippen LogP contribution is 2.34. The number of nitrogens with one attached hydrogen (secondary N) is 3. The molecule has 0 radical (unpaired) electrons. The molecule has 204 valence electrons. The van der Waals surface area contributed by atoms with E-state index in [1.54, 1.807) is 50.2 Å². The van der Waals surface area contributed by atoms with Gasteiger partial charge in [0.05, 0.1) is 36.0 Å². The minimum atomic E-state index is -0.773. The van der Waals surface area contributed by atoms with E-state index < -0.39 is 23.9 Å². The molecule has 39 heavy (non-hydrogen) atoms. The Kier molecular flexibility index (Phi) is 10.3. The lowest BCUT2D eigenvalue weighted by Crippen LogP contribution is -2.45. The molecule has 0 saturated carbocycles. The second-order valence-electron chi connectivity index (χ2n) is 7.92. The minimum Gasteiger partial charge on any atom is -0.493 e. The number of hydrogen-bond acceptors (Lipinski definition) is 9. The van der Waals surface area contributed by atoms with Gasteiger partial charge in [0.25, 0.3) is 5.91 Å². The third-order valence-corrected chi connectivity index (χ3v) is 5.92. The van der Waals surface area contributed by atoms with Crippen molar-refractivity contribution in [3.05, 3.63) is 63.3 Å². The molecule has 1 atom stereocenters. The smallest absolute Gasteiger partial charge is 0.338 e. The fourth-order valence-corrected chi connectivity index (χ4v) is 4.10. The van der Waals surface area contributed by atoms with Crippen LogP contribution in [0.5, 0.6) is 17.2 Å². The topological polar surface area (TPSA) is 160 Å². The molecule has 3 N–H and O–H groups in total. The maximum absolute atomic E-state index is 12.5. The summed E-state index contributed by atoms with van der Waals surface area (Å²) in [5.74, 6) is 0.00710. The van der Waals surface area contributed by atoms with Gasteiger partial charge in [-0.05, 0) is 71.2 Å². The van der Waals surface area contributed by atoms with E-state index in [2.05, 4.69) is 37.1 Å². The van der Waals surface area contributed by atoms with Gasteiger partial charge in [0, 0.05) is 5.70 Å². The van der Waals surface area contributed by atoms with Crippen LogP contribution in [0.2, 0.25) is 0 Å².